The maximum absolute atomic E-state index is 14.0. The molecule has 2 heterocycles. The minimum absolute atomic E-state index is 0.0639. The van der Waals surface area contributed by atoms with Gasteiger partial charge >= 0.3 is 12.1 Å². The van der Waals surface area contributed by atoms with Gasteiger partial charge in [0.2, 0.25) is 0 Å². The third kappa shape index (κ3) is 5.78. The number of carbonyl (C=O) groups is 1. The zero-order valence-electron chi connectivity index (χ0n) is 25.5. The number of aromatic nitrogens is 1. The van der Waals surface area contributed by atoms with Crippen molar-refractivity contribution in [1.82, 2.24) is 4.57 Å². The quantitative estimate of drug-likeness (QED) is 0.201. The molecule has 1 N–H and O–H groups in total. The Morgan fingerprint density at radius 3 is 2.26 bits per heavy atom. The lowest BCUT2D eigenvalue weighted by atomic mass is 9.87. The first kappa shape index (κ1) is 31.4. The Hall–Kier alpha value is -4.56. The van der Waals surface area contributed by atoms with Gasteiger partial charge in [0.15, 0.2) is 6.04 Å². The van der Waals surface area contributed by atoms with E-state index < -0.39 is 29.3 Å². The minimum atomic E-state index is -4.62. The normalized spacial score (nSPS) is 14.9. The van der Waals surface area contributed by atoms with Crippen molar-refractivity contribution >= 4 is 34.2 Å². The number of anilines is 1. The van der Waals surface area contributed by atoms with Crippen LogP contribution >= 0.6 is 11.6 Å². The fourth-order valence-corrected chi connectivity index (χ4v) is 6.54. The van der Waals surface area contributed by atoms with E-state index in [-0.39, 0.29) is 41.3 Å². The number of nitrogens with zero attached hydrogens (tertiary/aromatic N) is 2. The second-order valence-corrected chi connectivity index (χ2v) is 13.1. The number of carboxylic acids is 1. The van der Waals surface area contributed by atoms with Crippen LogP contribution in [0.2, 0.25) is 5.02 Å². The zero-order chi connectivity index (χ0) is 33.0. The highest BCUT2D eigenvalue weighted by Gasteiger charge is 2.39. The van der Waals surface area contributed by atoms with Gasteiger partial charge in [0.25, 0.3) is 5.56 Å². The summed E-state index contributed by atoms with van der Waals surface area (Å²) in [4.78, 5) is 28.3. The van der Waals surface area contributed by atoms with E-state index in [0.29, 0.717) is 11.1 Å². The number of aliphatic carboxylic acids is 1. The Morgan fingerprint density at radius 2 is 1.59 bits per heavy atom. The largest absolute Gasteiger partial charge is 0.480 e. The van der Waals surface area contributed by atoms with Gasteiger partial charge in [0.05, 0.1) is 12.1 Å². The summed E-state index contributed by atoms with van der Waals surface area (Å²) in [6, 6.07) is 24.9. The summed E-state index contributed by atoms with van der Waals surface area (Å²) in [6.45, 7) is 6.47. The summed E-state index contributed by atoms with van der Waals surface area (Å²) < 4.78 is 43.1. The van der Waals surface area contributed by atoms with E-state index >= 15 is 0 Å². The number of fused-ring (bicyclic) bond motifs is 2. The van der Waals surface area contributed by atoms with Crippen LogP contribution in [-0.4, -0.2) is 22.2 Å². The number of rotatable bonds is 6. The molecular weight excluding hydrogens is 613 g/mol. The van der Waals surface area contributed by atoms with Crippen molar-refractivity contribution in [2.24, 2.45) is 0 Å². The average Bonchev–Trinajstić information content (AvgIpc) is 3.38. The van der Waals surface area contributed by atoms with Gasteiger partial charge in [-0.1, -0.05) is 111 Å². The van der Waals surface area contributed by atoms with E-state index in [9.17, 15) is 27.9 Å². The average molecular weight is 645 g/mol. The third-order valence-electron chi connectivity index (χ3n) is 8.63. The Balaban J connectivity index is 1.61. The van der Waals surface area contributed by atoms with Crippen LogP contribution < -0.4 is 10.5 Å². The van der Waals surface area contributed by atoms with Crippen LogP contribution in [0, 0.1) is 0 Å². The van der Waals surface area contributed by atoms with Crippen LogP contribution in [-0.2, 0) is 29.4 Å². The van der Waals surface area contributed by atoms with Crippen molar-refractivity contribution < 1.29 is 23.1 Å². The van der Waals surface area contributed by atoms with Crippen LogP contribution in [0.25, 0.3) is 21.9 Å². The van der Waals surface area contributed by atoms with Crippen LogP contribution in [0.3, 0.4) is 0 Å². The Bertz CT molecular complexity index is 2020. The van der Waals surface area contributed by atoms with E-state index in [1.807, 2.05) is 66.7 Å². The van der Waals surface area contributed by atoms with E-state index in [1.165, 1.54) is 6.07 Å². The Labute approximate surface area is 269 Å². The maximum Gasteiger partial charge on any atom is 0.416 e. The molecule has 1 aliphatic rings. The lowest BCUT2D eigenvalue weighted by Crippen LogP contribution is -2.29. The SMILES string of the molecule is CC(C)(C)c1ccc(CN2CC(C(=O)O)n3c2c(-c2cccc(C(F)(F)F)c2)c(Cc2cccc4ccccc24)c(Cl)c3=O)cc1. The van der Waals surface area contributed by atoms with Gasteiger partial charge in [-0.2, -0.15) is 13.2 Å². The molecule has 5 aromatic rings. The molecule has 1 atom stereocenters. The highest BCUT2D eigenvalue weighted by Crippen LogP contribution is 2.44. The van der Waals surface area contributed by atoms with Crippen molar-refractivity contribution in [1.29, 1.82) is 0 Å². The fraction of sp³-hybridized carbons (Fsp3) is 0.243. The lowest BCUT2D eigenvalue weighted by molar-refractivity contribution is -0.140. The molecule has 4 aromatic carbocycles. The van der Waals surface area contributed by atoms with E-state index in [1.54, 1.807) is 11.0 Å². The Kier molecular flexibility index (Phi) is 7.97. The first-order valence-corrected chi connectivity index (χ1v) is 15.3. The van der Waals surface area contributed by atoms with Gasteiger partial charge in [-0.05, 0) is 56.1 Å². The van der Waals surface area contributed by atoms with Crippen molar-refractivity contribution in [2.75, 3.05) is 11.4 Å². The van der Waals surface area contributed by atoms with Crippen molar-refractivity contribution in [3.8, 4) is 11.1 Å². The van der Waals surface area contributed by atoms with Crippen molar-refractivity contribution in [3.05, 3.63) is 134 Å². The van der Waals surface area contributed by atoms with Gasteiger partial charge in [0, 0.05) is 18.5 Å². The second kappa shape index (κ2) is 11.7. The number of hydrogen-bond donors (Lipinski definition) is 1. The van der Waals surface area contributed by atoms with Gasteiger partial charge in [-0.25, -0.2) is 4.79 Å². The van der Waals surface area contributed by atoms with Crippen molar-refractivity contribution in [3.63, 3.8) is 0 Å². The summed E-state index contributed by atoms with van der Waals surface area (Å²) in [5.74, 6) is -1.00. The molecule has 236 valence electrons. The Morgan fingerprint density at radius 1 is 0.913 bits per heavy atom. The topological polar surface area (TPSA) is 62.5 Å². The summed E-state index contributed by atoms with van der Waals surface area (Å²) in [7, 11) is 0. The number of alkyl halides is 3. The molecule has 0 saturated heterocycles. The second-order valence-electron chi connectivity index (χ2n) is 12.7. The molecule has 1 aromatic heterocycles. The third-order valence-corrected chi connectivity index (χ3v) is 9.02. The number of pyridine rings is 1. The van der Waals surface area contributed by atoms with Gasteiger partial charge in [-0.15, -0.1) is 0 Å². The maximum atomic E-state index is 14.0. The molecular formula is C37H32ClF3N2O3. The molecule has 0 fully saturated rings. The minimum Gasteiger partial charge on any atom is -0.480 e. The van der Waals surface area contributed by atoms with Gasteiger partial charge < -0.3 is 10.0 Å². The van der Waals surface area contributed by atoms with Crippen LogP contribution in [0.1, 0.15) is 54.6 Å². The van der Waals surface area contributed by atoms with Crippen LogP contribution in [0.15, 0.2) is 95.8 Å². The first-order valence-electron chi connectivity index (χ1n) is 14.9. The first-order chi connectivity index (χ1) is 21.7. The molecule has 0 spiro atoms. The molecule has 46 heavy (non-hydrogen) atoms. The van der Waals surface area contributed by atoms with Crippen LogP contribution in [0.5, 0.6) is 0 Å². The summed E-state index contributed by atoms with van der Waals surface area (Å²) in [6.07, 6.45) is -4.48. The zero-order valence-corrected chi connectivity index (χ0v) is 26.3. The van der Waals surface area contributed by atoms with Gasteiger partial charge in [-0.3, -0.25) is 9.36 Å². The summed E-state index contributed by atoms with van der Waals surface area (Å²) >= 11 is 6.83. The molecule has 0 aliphatic carbocycles. The predicted molar refractivity (Wildman–Crippen MR) is 176 cm³/mol. The lowest BCUT2D eigenvalue weighted by Gasteiger charge is -2.25. The monoisotopic (exact) mass is 644 g/mol. The molecule has 0 bridgehead atoms. The molecule has 0 radical (unpaired) electrons. The predicted octanol–water partition coefficient (Wildman–Crippen LogP) is 8.87. The number of carboxylic acid groups (broad SMARTS) is 1. The molecule has 5 nitrogen and oxygen atoms in total. The highest BCUT2D eigenvalue weighted by molar-refractivity contribution is 6.32. The van der Waals surface area contributed by atoms with E-state index in [4.69, 9.17) is 11.6 Å². The standard InChI is InChI=1S/C37H32ClF3N2O3/c1-36(2,3)26-16-14-22(15-17-26)20-42-21-30(35(45)46)43-33(42)31(25-11-7-12-27(18-25)37(39,40)41)29(32(38)34(43)44)19-24-10-6-9-23-8-4-5-13-28(23)24/h4-18,30H,19-21H2,1-3H3,(H,45,46). The molecule has 6 rings (SSSR count). The molecule has 1 unspecified atom stereocenters. The van der Waals surface area contributed by atoms with E-state index in [0.717, 1.165) is 44.2 Å². The van der Waals surface area contributed by atoms with E-state index in [2.05, 4.69) is 20.8 Å². The molecule has 9 heteroatoms. The highest BCUT2D eigenvalue weighted by atomic mass is 35.5. The number of halogens is 4. The number of benzene rings is 4. The smallest absolute Gasteiger partial charge is 0.416 e. The summed E-state index contributed by atoms with van der Waals surface area (Å²) in [5.41, 5.74) is 2.01. The van der Waals surface area contributed by atoms with Crippen LogP contribution in [0.4, 0.5) is 19.0 Å². The molecule has 0 saturated carbocycles. The molecule has 1 aliphatic heterocycles. The fourth-order valence-electron chi connectivity index (χ4n) is 6.29. The van der Waals surface area contributed by atoms with Crippen molar-refractivity contribution in [2.45, 2.75) is 51.4 Å². The summed E-state index contributed by atoms with van der Waals surface area (Å²) in [5, 5.41) is 11.9. The number of hydrogen-bond acceptors (Lipinski definition) is 3. The molecule has 0 amide bonds. The van der Waals surface area contributed by atoms with Gasteiger partial charge in [0.1, 0.15) is 10.8 Å².